The van der Waals surface area contributed by atoms with Crippen LogP contribution < -0.4 is 4.74 Å². The van der Waals surface area contributed by atoms with Crippen LogP contribution in [0.4, 0.5) is 13.2 Å². The lowest BCUT2D eigenvalue weighted by Gasteiger charge is -2.47. The van der Waals surface area contributed by atoms with E-state index in [1.54, 1.807) is 12.1 Å². The van der Waals surface area contributed by atoms with Gasteiger partial charge in [0.2, 0.25) is 0 Å². The van der Waals surface area contributed by atoms with Crippen molar-refractivity contribution in [1.29, 1.82) is 0 Å². The van der Waals surface area contributed by atoms with Crippen LogP contribution in [0.2, 0.25) is 15.1 Å². The molecule has 0 bridgehead atoms. The summed E-state index contributed by atoms with van der Waals surface area (Å²) in [6.07, 6.45) is -0.626. The molecule has 3 aromatic rings. The van der Waals surface area contributed by atoms with E-state index in [2.05, 4.69) is 17.0 Å². The molecule has 0 radical (unpaired) electrons. The van der Waals surface area contributed by atoms with Gasteiger partial charge in [-0.25, -0.2) is 4.79 Å². The van der Waals surface area contributed by atoms with Crippen LogP contribution in [0, 0.1) is 5.41 Å². The second kappa shape index (κ2) is 14.9. The lowest BCUT2D eigenvalue weighted by atomic mass is 9.71. The SMILES string of the molecule is O=C(O)C(F)(F)F.O=C(c1ccc(Cl)cc1)N1CCC2(CCN(Cc3ccccc3OCc3c(Cl)cccc3Cl)CC2)CC1. The fourth-order valence-corrected chi connectivity index (χ4v) is 6.11. The molecule has 1 spiro atoms. The predicted octanol–water partition coefficient (Wildman–Crippen LogP) is 8.38. The molecule has 0 unspecified atom stereocenters. The first kappa shape index (κ1) is 33.9. The van der Waals surface area contributed by atoms with Gasteiger partial charge in [-0.1, -0.05) is 59.1 Å². The number of likely N-dealkylation sites (tertiary alicyclic amines) is 2. The minimum atomic E-state index is -5.08. The number of piperidine rings is 2. The molecule has 0 aromatic heterocycles. The molecule has 3 aromatic carbocycles. The molecule has 0 aliphatic carbocycles. The standard InChI is InChI=1S/C30H31Cl3N2O2.C2HF3O2/c31-24-10-8-22(9-11-24)29(36)35-18-14-30(15-19-35)12-16-34(17-13-30)20-23-4-1-2-7-28(23)37-21-25-26(32)5-3-6-27(25)33;3-2(4,5)1(6)7/h1-11H,12-21H2;(H,6,7). The number of benzene rings is 3. The van der Waals surface area contributed by atoms with E-state index in [0.29, 0.717) is 32.7 Å². The summed E-state index contributed by atoms with van der Waals surface area (Å²) in [7, 11) is 0. The summed E-state index contributed by atoms with van der Waals surface area (Å²) in [5, 5.41) is 9.01. The average Bonchev–Trinajstić information content (AvgIpc) is 2.99. The second-order valence-electron chi connectivity index (χ2n) is 11.0. The van der Waals surface area contributed by atoms with Crippen molar-refractivity contribution < 1.29 is 32.6 Å². The number of amides is 1. The molecular formula is C32H32Cl3F3N2O4. The van der Waals surface area contributed by atoms with Gasteiger partial charge in [0.05, 0.1) is 0 Å². The quantitative estimate of drug-likeness (QED) is 0.285. The number of ether oxygens (including phenoxy) is 1. The normalized spacial score (nSPS) is 16.6. The molecule has 12 heteroatoms. The van der Waals surface area contributed by atoms with Crippen molar-refractivity contribution >= 4 is 46.7 Å². The Labute approximate surface area is 269 Å². The summed E-state index contributed by atoms with van der Waals surface area (Å²) >= 11 is 18.6. The maximum Gasteiger partial charge on any atom is 0.490 e. The molecule has 0 saturated carbocycles. The zero-order chi connectivity index (χ0) is 31.9. The van der Waals surface area contributed by atoms with Crippen molar-refractivity contribution in [2.75, 3.05) is 26.2 Å². The summed E-state index contributed by atoms with van der Waals surface area (Å²) in [6.45, 7) is 4.94. The molecular weight excluding hydrogens is 640 g/mol. The number of aliphatic carboxylic acids is 1. The molecule has 2 aliphatic rings. The van der Waals surface area contributed by atoms with Gasteiger partial charge in [-0.15, -0.1) is 0 Å². The van der Waals surface area contributed by atoms with Gasteiger partial charge in [-0.3, -0.25) is 9.69 Å². The van der Waals surface area contributed by atoms with Gasteiger partial charge in [-0.05, 0) is 86.7 Å². The van der Waals surface area contributed by atoms with E-state index < -0.39 is 12.1 Å². The van der Waals surface area contributed by atoms with Crippen LogP contribution in [-0.2, 0) is 17.9 Å². The molecule has 2 saturated heterocycles. The van der Waals surface area contributed by atoms with Crippen molar-refractivity contribution in [3.63, 3.8) is 0 Å². The Hall–Kier alpha value is -2.98. The monoisotopic (exact) mass is 670 g/mol. The van der Waals surface area contributed by atoms with Gasteiger partial charge >= 0.3 is 12.1 Å². The van der Waals surface area contributed by atoms with Crippen molar-refractivity contribution in [1.82, 2.24) is 9.80 Å². The van der Waals surface area contributed by atoms with Gasteiger partial charge in [0.1, 0.15) is 12.4 Å². The number of carboxylic acids is 1. The van der Waals surface area contributed by atoms with Crippen LogP contribution in [0.1, 0.15) is 47.2 Å². The number of rotatable bonds is 6. The highest BCUT2D eigenvalue weighted by Gasteiger charge is 2.39. The smallest absolute Gasteiger partial charge is 0.488 e. The number of nitrogens with zero attached hydrogens (tertiary/aromatic N) is 2. The first-order valence-corrected chi connectivity index (χ1v) is 15.2. The zero-order valence-electron chi connectivity index (χ0n) is 23.8. The molecule has 0 atom stereocenters. The van der Waals surface area contributed by atoms with Crippen molar-refractivity contribution in [2.45, 2.75) is 45.0 Å². The van der Waals surface area contributed by atoms with Crippen LogP contribution in [0.15, 0.2) is 66.7 Å². The van der Waals surface area contributed by atoms with E-state index in [1.165, 1.54) is 5.56 Å². The number of carbonyl (C=O) groups excluding carboxylic acids is 1. The van der Waals surface area contributed by atoms with Gasteiger partial charge in [0.25, 0.3) is 5.91 Å². The highest BCUT2D eigenvalue weighted by atomic mass is 35.5. The van der Waals surface area contributed by atoms with Crippen LogP contribution in [-0.4, -0.2) is 59.1 Å². The van der Waals surface area contributed by atoms with E-state index in [9.17, 15) is 18.0 Å². The number of para-hydroxylation sites is 1. The summed E-state index contributed by atoms with van der Waals surface area (Å²) < 4.78 is 37.9. The Bertz CT molecular complexity index is 1420. The van der Waals surface area contributed by atoms with E-state index in [4.69, 9.17) is 49.4 Å². The largest absolute Gasteiger partial charge is 0.490 e. The van der Waals surface area contributed by atoms with Crippen molar-refractivity contribution in [2.24, 2.45) is 5.41 Å². The van der Waals surface area contributed by atoms with Gasteiger partial charge in [0.15, 0.2) is 0 Å². The van der Waals surface area contributed by atoms with E-state index in [-0.39, 0.29) is 5.91 Å². The van der Waals surface area contributed by atoms with Crippen LogP contribution in [0.25, 0.3) is 0 Å². The number of carboxylic acid groups (broad SMARTS) is 1. The Morgan fingerprint density at radius 2 is 1.36 bits per heavy atom. The first-order chi connectivity index (χ1) is 20.9. The zero-order valence-corrected chi connectivity index (χ0v) is 26.0. The second-order valence-corrected chi connectivity index (χ2v) is 12.2. The number of carbonyl (C=O) groups is 2. The molecule has 44 heavy (non-hydrogen) atoms. The highest BCUT2D eigenvalue weighted by Crippen LogP contribution is 2.42. The van der Waals surface area contributed by atoms with Crippen molar-refractivity contribution in [3.8, 4) is 5.75 Å². The highest BCUT2D eigenvalue weighted by molar-refractivity contribution is 6.36. The first-order valence-electron chi connectivity index (χ1n) is 14.1. The molecule has 2 fully saturated rings. The Morgan fingerprint density at radius 3 is 1.93 bits per heavy atom. The number of halogens is 6. The van der Waals surface area contributed by atoms with E-state index in [0.717, 1.165) is 69.7 Å². The Morgan fingerprint density at radius 1 is 0.818 bits per heavy atom. The summed E-state index contributed by atoms with van der Waals surface area (Å²) in [4.78, 5) is 26.3. The van der Waals surface area contributed by atoms with Gasteiger partial charge < -0.3 is 14.7 Å². The number of hydrogen-bond acceptors (Lipinski definition) is 4. The fourth-order valence-electron chi connectivity index (χ4n) is 5.48. The third kappa shape index (κ3) is 9.03. The van der Waals surface area contributed by atoms with Crippen LogP contribution in [0.3, 0.4) is 0 Å². The van der Waals surface area contributed by atoms with Crippen LogP contribution in [0.5, 0.6) is 5.75 Å². The summed E-state index contributed by atoms with van der Waals surface area (Å²) in [5.41, 5.74) is 3.03. The van der Waals surface area contributed by atoms with E-state index >= 15 is 0 Å². The molecule has 1 N–H and O–H groups in total. The maximum atomic E-state index is 12.9. The molecule has 6 nitrogen and oxygen atoms in total. The van der Waals surface area contributed by atoms with Gasteiger partial charge in [0, 0.05) is 51.4 Å². The Balaban J connectivity index is 0.000000566. The summed E-state index contributed by atoms with van der Waals surface area (Å²) in [6, 6.07) is 20.9. The predicted molar refractivity (Wildman–Crippen MR) is 164 cm³/mol. The minimum Gasteiger partial charge on any atom is -0.488 e. The van der Waals surface area contributed by atoms with Crippen molar-refractivity contribution in [3.05, 3.63) is 98.5 Å². The van der Waals surface area contributed by atoms with Gasteiger partial charge in [-0.2, -0.15) is 13.2 Å². The lowest BCUT2D eigenvalue weighted by Crippen LogP contribution is -2.48. The molecule has 1 amide bonds. The fraction of sp³-hybridized carbons (Fsp3) is 0.375. The number of hydrogen-bond donors (Lipinski definition) is 1. The lowest BCUT2D eigenvalue weighted by molar-refractivity contribution is -0.192. The third-order valence-corrected chi connectivity index (χ3v) is 9.12. The minimum absolute atomic E-state index is 0.110. The average molecular weight is 672 g/mol. The molecule has 5 rings (SSSR count). The third-order valence-electron chi connectivity index (χ3n) is 8.16. The molecule has 2 heterocycles. The molecule has 236 valence electrons. The van der Waals surface area contributed by atoms with E-state index in [1.807, 2.05) is 47.4 Å². The summed E-state index contributed by atoms with van der Waals surface area (Å²) in [5.74, 6) is -1.78. The number of alkyl halides is 3. The maximum absolute atomic E-state index is 12.9. The topological polar surface area (TPSA) is 70.1 Å². The Kier molecular flexibility index (Phi) is 11.5. The molecule has 2 aliphatic heterocycles. The van der Waals surface area contributed by atoms with Crippen LogP contribution >= 0.6 is 34.8 Å².